The van der Waals surface area contributed by atoms with Gasteiger partial charge in [0.25, 0.3) is 8.32 Å². The first-order chi connectivity index (χ1) is 23.6. The molecule has 1 saturated heterocycles. The summed E-state index contributed by atoms with van der Waals surface area (Å²) in [5, 5.41) is 13.2. The summed E-state index contributed by atoms with van der Waals surface area (Å²) in [6.07, 6.45) is 2.09. The summed E-state index contributed by atoms with van der Waals surface area (Å²) < 4.78 is 31.6. The van der Waals surface area contributed by atoms with Gasteiger partial charge in [-0.25, -0.2) is 4.79 Å². The van der Waals surface area contributed by atoms with Gasteiger partial charge in [-0.05, 0) is 64.5 Å². The Morgan fingerprint density at radius 1 is 0.898 bits per heavy atom. The van der Waals surface area contributed by atoms with Crippen molar-refractivity contribution in [3.05, 3.63) is 126 Å². The normalized spacial score (nSPS) is 18.8. The Hall–Kier alpha value is -3.79. The summed E-state index contributed by atoms with van der Waals surface area (Å²) in [4.78, 5) is 12.5. The summed E-state index contributed by atoms with van der Waals surface area (Å²) in [5.74, 6) is -0.622. The molecule has 1 fully saturated rings. The highest BCUT2D eigenvalue weighted by atomic mass is 28.4. The van der Waals surface area contributed by atoms with E-state index in [1.807, 2.05) is 42.5 Å². The lowest BCUT2D eigenvalue weighted by Gasteiger charge is -2.46. The van der Waals surface area contributed by atoms with E-state index >= 15 is 0 Å². The van der Waals surface area contributed by atoms with Gasteiger partial charge in [-0.3, -0.25) is 0 Å². The lowest BCUT2D eigenvalue weighted by atomic mass is 9.96. The zero-order valence-electron chi connectivity index (χ0n) is 29.2. The molecule has 0 bridgehead atoms. The lowest BCUT2D eigenvalue weighted by molar-refractivity contribution is -0.293. The molecule has 0 amide bonds. The van der Waals surface area contributed by atoms with Crippen LogP contribution in [-0.2, 0) is 25.2 Å². The Morgan fingerprint density at radius 2 is 1.49 bits per heavy atom. The van der Waals surface area contributed by atoms with Crippen LogP contribution in [0.25, 0.3) is 0 Å². The van der Waals surface area contributed by atoms with Crippen LogP contribution >= 0.6 is 0 Å². The Labute approximate surface area is 292 Å². The third-order valence-electron chi connectivity index (χ3n) is 9.30. The molecule has 1 N–H and O–H groups in total. The Balaban J connectivity index is 1.33. The Kier molecular flexibility index (Phi) is 12.5. The quantitative estimate of drug-likeness (QED) is 0.106. The van der Waals surface area contributed by atoms with Crippen LogP contribution in [0.4, 0.5) is 0 Å². The standard InChI is InChI=1S/C41H50O7Si/c1-40(2,3)49(37-18-10-6-11-19-37,38-20-12-7-13-21-38)47-31-36-17-14-27-41(48-36,46-29-32-22-24-35(44-4)25-23-32)28-26-34(42)30-45-39(43)33-15-8-5-9-16-33/h5-13,15-16,18-25,34,36,42H,14,17,26-31H2,1-4H3/t34-,36+,41-/m1/s1. The van der Waals surface area contributed by atoms with Crippen molar-refractivity contribution >= 4 is 24.7 Å². The molecule has 4 aromatic rings. The Bertz CT molecular complexity index is 1540. The maximum absolute atomic E-state index is 12.5. The van der Waals surface area contributed by atoms with Crippen molar-refractivity contribution < 1.29 is 33.3 Å². The van der Waals surface area contributed by atoms with E-state index in [0.717, 1.165) is 24.2 Å². The second-order valence-corrected chi connectivity index (χ2v) is 18.1. The minimum absolute atomic E-state index is 0.108. The molecule has 7 nitrogen and oxygen atoms in total. The summed E-state index contributed by atoms with van der Waals surface area (Å²) in [6, 6.07) is 37.8. The molecule has 5 rings (SSSR count). The van der Waals surface area contributed by atoms with E-state index in [4.69, 9.17) is 23.4 Å². The van der Waals surface area contributed by atoms with Gasteiger partial charge >= 0.3 is 5.97 Å². The molecule has 1 heterocycles. The number of methoxy groups -OCH3 is 1. The smallest absolute Gasteiger partial charge is 0.338 e. The summed E-state index contributed by atoms with van der Waals surface area (Å²) in [5.41, 5.74) is 1.44. The highest BCUT2D eigenvalue weighted by Crippen LogP contribution is 2.39. The monoisotopic (exact) mass is 682 g/mol. The maximum Gasteiger partial charge on any atom is 0.338 e. The van der Waals surface area contributed by atoms with Crippen molar-refractivity contribution in [2.45, 2.75) is 82.5 Å². The fourth-order valence-corrected chi connectivity index (χ4v) is 11.3. The van der Waals surface area contributed by atoms with Gasteiger partial charge in [-0.1, -0.05) is 112 Å². The van der Waals surface area contributed by atoms with Crippen molar-refractivity contribution in [2.75, 3.05) is 20.3 Å². The first-order valence-electron chi connectivity index (χ1n) is 17.2. The molecule has 260 valence electrons. The van der Waals surface area contributed by atoms with Gasteiger partial charge < -0.3 is 28.5 Å². The van der Waals surface area contributed by atoms with Gasteiger partial charge in [0, 0.05) is 12.8 Å². The largest absolute Gasteiger partial charge is 0.497 e. The number of ether oxygens (including phenoxy) is 4. The fraction of sp³-hybridized carbons (Fsp3) is 0.390. The SMILES string of the molecule is COc1ccc(CO[C@]2(CC[C@@H](O)COC(=O)c3ccccc3)CCC[C@@H](CO[Si](c3ccccc3)(c3ccccc3)C(C)(C)C)O2)cc1. The average molecular weight is 683 g/mol. The molecule has 0 spiro atoms. The van der Waals surface area contributed by atoms with Gasteiger partial charge in [0.2, 0.25) is 0 Å². The van der Waals surface area contributed by atoms with E-state index in [-0.39, 0.29) is 17.7 Å². The third kappa shape index (κ3) is 9.26. The summed E-state index contributed by atoms with van der Waals surface area (Å²) in [6.45, 7) is 7.46. The first-order valence-corrected chi connectivity index (χ1v) is 19.1. The lowest BCUT2D eigenvalue weighted by Crippen LogP contribution is -2.67. The van der Waals surface area contributed by atoms with E-state index in [1.165, 1.54) is 10.4 Å². The van der Waals surface area contributed by atoms with Crippen molar-refractivity contribution in [1.82, 2.24) is 0 Å². The topological polar surface area (TPSA) is 83.5 Å². The van der Waals surface area contributed by atoms with Crippen molar-refractivity contribution in [2.24, 2.45) is 0 Å². The molecule has 4 aromatic carbocycles. The van der Waals surface area contributed by atoms with Crippen LogP contribution in [0.3, 0.4) is 0 Å². The Morgan fingerprint density at radius 3 is 2.06 bits per heavy atom. The zero-order chi connectivity index (χ0) is 34.7. The van der Waals surface area contributed by atoms with E-state index in [1.54, 1.807) is 31.4 Å². The summed E-state index contributed by atoms with van der Waals surface area (Å²) >= 11 is 0. The second-order valence-electron chi connectivity index (χ2n) is 13.8. The number of benzene rings is 4. The molecule has 8 heteroatoms. The van der Waals surface area contributed by atoms with E-state index in [9.17, 15) is 9.90 Å². The minimum Gasteiger partial charge on any atom is -0.497 e. The third-order valence-corrected chi connectivity index (χ3v) is 14.3. The van der Waals surface area contributed by atoms with E-state index in [0.29, 0.717) is 38.0 Å². The molecule has 0 unspecified atom stereocenters. The zero-order valence-corrected chi connectivity index (χ0v) is 30.2. The van der Waals surface area contributed by atoms with Crippen molar-refractivity contribution in [1.29, 1.82) is 0 Å². The van der Waals surface area contributed by atoms with Crippen LogP contribution in [0.5, 0.6) is 5.75 Å². The van der Waals surface area contributed by atoms with E-state index in [2.05, 4.69) is 69.3 Å². The average Bonchev–Trinajstić information content (AvgIpc) is 3.13. The molecular formula is C41H50O7Si. The van der Waals surface area contributed by atoms with Crippen LogP contribution in [-0.4, -0.2) is 57.7 Å². The minimum atomic E-state index is -2.77. The van der Waals surface area contributed by atoms with Crippen LogP contribution < -0.4 is 15.1 Å². The van der Waals surface area contributed by atoms with Crippen molar-refractivity contribution in [3.8, 4) is 5.75 Å². The fourth-order valence-electron chi connectivity index (χ4n) is 6.72. The van der Waals surface area contributed by atoms with Crippen LogP contribution in [0.2, 0.25) is 5.04 Å². The van der Waals surface area contributed by atoms with Gasteiger partial charge in [-0.2, -0.15) is 0 Å². The molecule has 1 aliphatic heterocycles. The van der Waals surface area contributed by atoms with Crippen molar-refractivity contribution in [3.63, 3.8) is 0 Å². The number of carbonyl (C=O) groups is 1. The predicted octanol–water partition coefficient (Wildman–Crippen LogP) is 7.05. The number of rotatable bonds is 15. The van der Waals surface area contributed by atoms with Gasteiger partial charge in [-0.15, -0.1) is 0 Å². The van der Waals surface area contributed by atoms with Crippen LogP contribution in [0, 0.1) is 0 Å². The first kappa shape index (κ1) is 36.5. The highest BCUT2D eigenvalue weighted by molar-refractivity contribution is 6.99. The molecule has 1 aliphatic rings. The number of carbonyl (C=O) groups excluding carboxylic acids is 1. The van der Waals surface area contributed by atoms with E-state index < -0.39 is 26.2 Å². The molecular weight excluding hydrogens is 633 g/mol. The molecule has 0 aromatic heterocycles. The van der Waals surface area contributed by atoms with Gasteiger partial charge in [0.15, 0.2) is 5.79 Å². The van der Waals surface area contributed by atoms with Gasteiger partial charge in [0.1, 0.15) is 12.4 Å². The predicted molar refractivity (Wildman–Crippen MR) is 195 cm³/mol. The molecule has 0 radical (unpaired) electrons. The molecule has 49 heavy (non-hydrogen) atoms. The molecule has 0 saturated carbocycles. The number of aliphatic hydroxyl groups excluding tert-OH is 1. The number of esters is 1. The number of hydrogen-bond acceptors (Lipinski definition) is 7. The van der Waals surface area contributed by atoms with Gasteiger partial charge in [0.05, 0.1) is 38.1 Å². The summed E-state index contributed by atoms with van der Waals surface area (Å²) in [7, 11) is -1.12. The molecule has 3 atom stereocenters. The number of hydrogen-bond donors (Lipinski definition) is 1. The van der Waals surface area contributed by atoms with Crippen LogP contribution in [0.15, 0.2) is 115 Å². The second kappa shape index (κ2) is 16.7. The highest BCUT2D eigenvalue weighted by Gasteiger charge is 2.51. The number of aliphatic hydroxyl groups is 1. The molecule has 0 aliphatic carbocycles. The maximum atomic E-state index is 12.5. The van der Waals surface area contributed by atoms with Crippen LogP contribution in [0.1, 0.15) is 68.8 Å².